The Morgan fingerprint density at radius 1 is 1.11 bits per heavy atom. The fourth-order valence-corrected chi connectivity index (χ4v) is 4.88. The van der Waals surface area contributed by atoms with Crippen molar-refractivity contribution in [1.82, 2.24) is 19.7 Å². The summed E-state index contributed by atoms with van der Waals surface area (Å²) in [6, 6.07) is 15.3. The van der Waals surface area contributed by atoms with Gasteiger partial charge in [0.05, 0.1) is 0 Å². The van der Waals surface area contributed by atoms with Gasteiger partial charge >= 0.3 is 0 Å². The maximum absolute atomic E-state index is 13.5. The van der Waals surface area contributed by atoms with E-state index >= 15 is 0 Å². The first kappa shape index (κ1) is 25.2. The molecule has 0 spiro atoms. The van der Waals surface area contributed by atoms with E-state index in [1.165, 1.54) is 11.3 Å². The minimum Gasteiger partial charge on any atom is -0.339 e. The molecule has 4 rings (SSSR count). The maximum atomic E-state index is 13.5. The summed E-state index contributed by atoms with van der Waals surface area (Å²) in [5, 5.41) is 6.20. The van der Waals surface area contributed by atoms with E-state index in [0.717, 1.165) is 36.4 Å². The molecule has 2 amide bonds. The number of likely N-dealkylation sites (N-methyl/N-ethyl adjacent to an activating group) is 1. The van der Waals surface area contributed by atoms with E-state index in [0.29, 0.717) is 35.5 Å². The van der Waals surface area contributed by atoms with E-state index in [9.17, 15) is 9.59 Å². The van der Waals surface area contributed by atoms with E-state index in [1.807, 2.05) is 60.4 Å². The van der Waals surface area contributed by atoms with Crippen LogP contribution in [0.15, 0.2) is 53.9 Å². The second-order valence-electron chi connectivity index (χ2n) is 8.58. The summed E-state index contributed by atoms with van der Waals surface area (Å²) in [6.07, 6.45) is 0. The third kappa shape index (κ3) is 6.60. The first-order valence-corrected chi connectivity index (χ1v) is 13.0. The fraction of sp³-hybridized carbons (Fsp3) is 0.346. The number of hydrogen-bond acceptors (Lipinski definition) is 6. The lowest BCUT2D eigenvalue weighted by molar-refractivity contribution is -0.133. The second-order valence-corrected chi connectivity index (χ2v) is 9.88. The van der Waals surface area contributed by atoms with E-state index in [1.54, 1.807) is 10.3 Å². The Bertz CT molecular complexity index is 1160. The van der Waals surface area contributed by atoms with Crippen molar-refractivity contribution < 1.29 is 9.59 Å². The molecule has 1 N–H and O–H groups in total. The monoisotopic (exact) mass is 511 g/mol. The number of piperazine rings is 1. The van der Waals surface area contributed by atoms with Crippen LogP contribution in [0.2, 0.25) is 5.02 Å². The molecule has 0 bridgehead atoms. The normalized spacial score (nSPS) is 14.1. The highest BCUT2D eigenvalue weighted by Crippen LogP contribution is 2.26. The van der Waals surface area contributed by atoms with Gasteiger partial charge in [0.1, 0.15) is 12.2 Å². The number of anilines is 2. The van der Waals surface area contributed by atoms with Crippen LogP contribution >= 0.6 is 22.9 Å². The van der Waals surface area contributed by atoms with Crippen molar-refractivity contribution >= 4 is 45.6 Å². The Morgan fingerprint density at radius 2 is 1.86 bits per heavy atom. The van der Waals surface area contributed by atoms with Crippen molar-refractivity contribution in [3.8, 4) is 0 Å². The average molecular weight is 512 g/mol. The number of rotatable bonds is 8. The number of aryl methyl sites for hydroxylation is 1. The van der Waals surface area contributed by atoms with Gasteiger partial charge in [0.25, 0.3) is 5.91 Å². The van der Waals surface area contributed by atoms with E-state index in [4.69, 9.17) is 11.6 Å². The first-order valence-electron chi connectivity index (χ1n) is 11.7. The Hall–Kier alpha value is -2.94. The number of halogens is 1. The third-order valence-corrected chi connectivity index (χ3v) is 7.16. The molecule has 2 heterocycles. The van der Waals surface area contributed by atoms with Gasteiger partial charge in [0.15, 0.2) is 5.13 Å². The van der Waals surface area contributed by atoms with Gasteiger partial charge in [-0.3, -0.25) is 9.59 Å². The van der Waals surface area contributed by atoms with Gasteiger partial charge in [-0.25, -0.2) is 4.98 Å². The average Bonchev–Trinajstić information content (AvgIpc) is 3.34. The number of amides is 2. The highest BCUT2D eigenvalue weighted by molar-refractivity contribution is 7.14. The predicted molar refractivity (Wildman–Crippen MR) is 141 cm³/mol. The SMILES string of the molecule is CCN1CCN(C(=O)CN(Cc2ccccc2)C(=O)c2csc(Nc3cc(Cl)ccc3C)n2)CC1. The molecule has 0 atom stereocenters. The predicted octanol–water partition coefficient (Wildman–Crippen LogP) is 4.66. The molecule has 3 aromatic rings. The highest BCUT2D eigenvalue weighted by Gasteiger charge is 2.26. The highest BCUT2D eigenvalue weighted by atomic mass is 35.5. The molecule has 1 aliphatic rings. The maximum Gasteiger partial charge on any atom is 0.274 e. The fourth-order valence-electron chi connectivity index (χ4n) is 4.02. The Balaban J connectivity index is 1.49. The van der Waals surface area contributed by atoms with Gasteiger partial charge in [0, 0.05) is 48.8 Å². The van der Waals surface area contributed by atoms with Gasteiger partial charge in [-0.2, -0.15) is 0 Å². The molecule has 1 aromatic heterocycles. The van der Waals surface area contributed by atoms with E-state index in [-0.39, 0.29) is 18.4 Å². The van der Waals surface area contributed by atoms with Gasteiger partial charge in [-0.1, -0.05) is 54.9 Å². The van der Waals surface area contributed by atoms with Crippen molar-refractivity contribution in [1.29, 1.82) is 0 Å². The number of thiazole rings is 1. The zero-order chi connectivity index (χ0) is 24.8. The van der Waals surface area contributed by atoms with Crippen molar-refractivity contribution in [2.24, 2.45) is 0 Å². The molecule has 9 heteroatoms. The molecule has 0 unspecified atom stereocenters. The smallest absolute Gasteiger partial charge is 0.274 e. The molecule has 1 fully saturated rings. The minimum absolute atomic E-state index is 0.0214. The van der Waals surface area contributed by atoms with Crippen LogP contribution in [0.4, 0.5) is 10.8 Å². The summed E-state index contributed by atoms with van der Waals surface area (Å²) in [4.78, 5) is 36.9. The molecular formula is C26H30ClN5O2S. The zero-order valence-electron chi connectivity index (χ0n) is 20.0. The molecule has 0 aliphatic carbocycles. The number of nitrogens with zero attached hydrogens (tertiary/aromatic N) is 4. The number of aromatic nitrogens is 1. The number of carbonyl (C=O) groups excluding carboxylic acids is 2. The Morgan fingerprint density at radius 3 is 2.57 bits per heavy atom. The molecule has 2 aromatic carbocycles. The molecule has 7 nitrogen and oxygen atoms in total. The van der Waals surface area contributed by atoms with Crippen LogP contribution < -0.4 is 5.32 Å². The minimum atomic E-state index is -0.262. The standard InChI is InChI=1S/C26H30ClN5O2S/c1-3-30-11-13-31(14-12-30)24(33)17-32(16-20-7-5-4-6-8-20)25(34)23-18-35-26(29-23)28-22-15-21(27)10-9-19(22)2/h4-10,15,18H,3,11-14,16-17H2,1-2H3,(H,28,29). The molecule has 0 saturated carbocycles. The van der Waals surface area contributed by atoms with Crippen molar-refractivity contribution in [3.63, 3.8) is 0 Å². The van der Waals surface area contributed by atoms with Gasteiger partial charge in [-0.15, -0.1) is 11.3 Å². The van der Waals surface area contributed by atoms with Crippen molar-refractivity contribution in [3.05, 3.63) is 75.8 Å². The molecule has 184 valence electrons. The molecule has 35 heavy (non-hydrogen) atoms. The second kappa shape index (κ2) is 11.7. The summed E-state index contributed by atoms with van der Waals surface area (Å²) in [6.45, 7) is 8.54. The molecular weight excluding hydrogens is 482 g/mol. The third-order valence-electron chi connectivity index (χ3n) is 6.17. The summed E-state index contributed by atoms with van der Waals surface area (Å²) < 4.78 is 0. The summed E-state index contributed by atoms with van der Waals surface area (Å²) in [7, 11) is 0. The Kier molecular flexibility index (Phi) is 8.38. The van der Waals surface area contributed by atoms with E-state index < -0.39 is 0 Å². The Labute approximate surface area is 215 Å². The van der Waals surface area contributed by atoms with Gasteiger partial charge in [-0.05, 0) is 36.7 Å². The van der Waals surface area contributed by atoms with Gasteiger partial charge in [0.2, 0.25) is 5.91 Å². The van der Waals surface area contributed by atoms with Crippen LogP contribution in [0.25, 0.3) is 0 Å². The number of nitrogens with one attached hydrogen (secondary N) is 1. The van der Waals surface area contributed by atoms with Crippen LogP contribution in [-0.2, 0) is 11.3 Å². The van der Waals surface area contributed by atoms with Crippen LogP contribution in [0.3, 0.4) is 0 Å². The lowest BCUT2D eigenvalue weighted by atomic mass is 10.2. The lowest BCUT2D eigenvalue weighted by Crippen LogP contribution is -2.51. The zero-order valence-corrected chi connectivity index (χ0v) is 21.6. The van der Waals surface area contributed by atoms with Crippen molar-refractivity contribution in [2.45, 2.75) is 20.4 Å². The lowest BCUT2D eigenvalue weighted by Gasteiger charge is -2.35. The van der Waals surface area contributed by atoms with E-state index in [2.05, 4.69) is 22.1 Å². The van der Waals surface area contributed by atoms with Crippen molar-refractivity contribution in [2.75, 3.05) is 44.6 Å². The number of hydrogen-bond donors (Lipinski definition) is 1. The summed E-state index contributed by atoms with van der Waals surface area (Å²) in [5.74, 6) is -0.297. The topological polar surface area (TPSA) is 68.8 Å². The molecule has 1 saturated heterocycles. The molecule has 1 aliphatic heterocycles. The van der Waals surface area contributed by atoms with Crippen LogP contribution in [0.5, 0.6) is 0 Å². The van der Waals surface area contributed by atoms with Crippen LogP contribution in [0, 0.1) is 6.92 Å². The van der Waals surface area contributed by atoms with Crippen LogP contribution in [-0.4, -0.2) is 70.8 Å². The first-order chi connectivity index (χ1) is 16.9. The van der Waals surface area contributed by atoms with Crippen LogP contribution in [0.1, 0.15) is 28.5 Å². The quantitative estimate of drug-likeness (QED) is 0.476. The number of carbonyl (C=O) groups is 2. The molecule has 0 radical (unpaired) electrons. The summed E-state index contributed by atoms with van der Waals surface area (Å²) >= 11 is 7.48. The summed E-state index contributed by atoms with van der Waals surface area (Å²) in [5.41, 5.74) is 3.15. The largest absolute Gasteiger partial charge is 0.339 e. The number of benzene rings is 2. The van der Waals surface area contributed by atoms with Gasteiger partial charge < -0.3 is 20.0 Å².